The molecule has 1 fully saturated rings. The van der Waals surface area contributed by atoms with Crippen LogP contribution in [0.3, 0.4) is 0 Å². The van der Waals surface area contributed by atoms with E-state index < -0.39 is 0 Å². The van der Waals surface area contributed by atoms with E-state index in [0.717, 1.165) is 55.4 Å². The maximum atomic E-state index is 12.8. The summed E-state index contributed by atoms with van der Waals surface area (Å²) in [6.45, 7) is 1.54. The Morgan fingerprint density at radius 3 is 2.46 bits per heavy atom. The molecule has 0 aromatic heterocycles. The van der Waals surface area contributed by atoms with Gasteiger partial charge in [0.25, 0.3) is 0 Å². The van der Waals surface area contributed by atoms with Crippen LogP contribution in [0, 0.1) is 5.82 Å². The van der Waals surface area contributed by atoms with E-state index in [1.54, 1.807) is 30.9 Å². The monoisotopic (exact) mass is 494 g/mol. The van der Waals surface area contributed by atoms with E-state index in [-0.39, 0.29) is 35.7 Å². The van der Waals surface area contributed by atoms with Gasteiger partial charge in [0.1, 0.15) is 5.82 Å². The molecule has 3 N–H and O–H groups in total. The first-order valence-electron chi connectivity index (χ1n) is 8.79. The van der Waals surface area contributed by atoms with Crippen LogP contribution in [0.15, 0.2) is 34.2 Å². The van der Waals surface area contributed by atoms with Gasteiger partial charge in [-0.1, -0.05) is 0 Å². The van der Waals surface area contributed by atoms with Gasteiger partial charge < -0.3 is 16.0 Å². The van der Waals surface area contributed by atoms with Crippen molar-refractivity contribution in [1.82, 2.24) is 16.0 Å². The number of rotatable bonds is 10. The smallest absolute Gasteiger partial charge is 0.220 e. The van der Waals surface area contributed by atoms with E-state index >= 15 is 0 Å². The van der Waals surface area contributed by atoms with E-state index in [9.17, 15) is 9.18 Å². The molecular weight excluding hydrogens is 466 g/mol. The highest BCUT2D eigenvalue weighted by Crippen LogP contribution is 2.19. The minimum absolute atomic E-state index is 0. The zero-order valence-corrected chi connectivity index (χ0v) is 18.2. The normalized spacial score (nSPS) is 13.7. The molecule has 0 unspecified atom stereocenters. The third-order valence-corrected chi connectivity index (χ3v) is 4.83. The molecule has 1 saturated carbocycles. The second-order valence-corrected chi connectivity index (χ2v) is 7.20. The lowest BCUT2D eigenvalue weighted by Crippen LogP contribution is -2.38. The molecule has 5 nitrogen and oxygen atoms in total. The summed E-state index contributed by atoms with van der Waals surface area (Å²) in [6, 6.07) is 7.00. The summed E-state index contributed by atoms with van der Waals surface area (Å²) in [7, 11) is 1.74. The number of nitrogens with one attached hydrogen (secondary N) is 3. The van der Waals surface area contributed by atoms with E-state index in [4.69, 9.17) is 0 Å². The fraction of sp³-hybridized carbons (Fsp3) is 0.556. The predicted molar refractivity (Wildman–Crippen MR) is 117 cm³/mol. The van der Waals surface area contributed by atoms with Crippen molar-refractivity contribution in [2.75, 3.05) is 25.9 Å². The van der Waals surface area contributed by atoms with Crippen LogP contribution in [0.2, 0.25) is 0 Å². The Morgan fingerprint density at radius 2 is 1.85 bits per heavy atom. The zero-order valence-electron chi connectivity index (χ0n) is 15.1. The van der Waals surface area contributed by atoms with Crippen molar-refractivity contribution in [3.8, 4) is 0 Å². The minimum atomic E-state index is -0.203. The Bertz CT molecular complexity index is 567. The maximum absolute atomic E-state index is 12.8. The van der Waals surface area contributed by atoms with Crippen molar-refractivity contribution >= 4 is 47.6 Å². The number of benzene rings is 1. The van der Waals surface area contributed by atoms with Gasteiger partial charge in [-0.05, 0) is 55.7 Å². The second-order valence-electron chi connectivity index (χ2n) is 6.03. The van der Waals surface area contributed by atoms with Gasteiger partial charge in [-0.3, -0.25) is 9.79 Å². The first-order chi connectivity index (χ1) is 12.2. The highest BCUT2D eigenvalue weighted by atomic mass is 127. The van der Waals surface area contributed by atoms with Crippen molar-refractivity contribution in [2.45, 2.75) is 43.0 Å². The van der Waals surface area contributed by atoms with Gasteiger partial charge in [0.2, 0.25) is 5.91 Å². The maximum Gasteiger partial charge on any atom is 0.220 e. The van der Waals surface area contributed by atoms with Crippen LogP contribution in [0.4, 0.5) is 4.39 Å². The fourth-order valence-electron chi connectivity index (χ4n) is 2.20. The Kier molecular flexibility index (Phi) is 11.7. The Hall–Kier alpha value is -1.03. The minimum Gasteiger partial charge on any atom is -0.356 e. The van der Waals surface area contributed by atoms with Gasteiger partial charge in [0.05, 0.1) is 0 Å². The SMILES string of the molecule is CN=C(NCCCSc1ccc(F)cc1)NCCCC(=O)NC1CC1.I. The predicted octanol–water partition coefficient (Wildman–Crippen LogP) is 3.15. The molecule has 8 heteroatoms. The number of thioether (sulfide) groups is 1. The molecule has 0 spiro atoms. The zero-order chi connectivity index (χ0) is 17.9. The first kappa shape index (κ1) is 23.0. The van der Waals surface area contributed by atoms with Crippen LogP contribution < -0.4 is 16.0 Å². The van der Waals surface area contributed by atoms with Crippen molar-refractivity contribution in [3.05, 3.63) is 30.1 Å². The summed E-state index contributed by atoms with van der Waals surface area (Å²) in [5.74, 6) is 1.65. The van der Waals surface area contributed by atoms with Crippen LogP contribution in [-0.2, 0) is 4.79 Å². The van der Waals surface area contributed by atoms with Gasteiger partial charge in [0.15, 0.2) is 5.96 Å². The molecule has 1 aliphatic carbocycles. The third-order valence-electron chi connectivity index (χ3n) is 3.74. The molecule has 0 radical (unpaired) electrons. The largest absolute Gasteiger partial charge is 0.356 e. The quantitative estimate of drug-likeness (QED) is 0.154. The molecule has 1 amide bonds. The number of amides is 1. The summed E-state index contributed by atoms with van der Waals surface area (Å²) in [4.78, 5) is 16.8. The topological polar surface area (TPSA) is 65.5 Å². The molecule has 0 atom stereocenters. The number of carbonyl (C=O) groups excluding carboxylic acids is 1. The average molecular weight is 494 g/mol. The second kappa shape index (κ2) is 13.2. The molecule has 1 aromatic carbocycles. The lowest BCUT2D eigenvalue weighted by molar-refractivity contribution is -0.121. The highest BCUT2D eigenvalue weighted by molar-refractivity contribution is 14.0. The van der Waals surface area contributed by atoms with Crippen LogP contribution in [0.1, 0.15) is 32.1 Å². The lowest BCUT2D eigenvalue weighted by Gasteiger charge is -2.11. The van der Waals surface area contributed by atoms with Gasteiger partial charge in [-0.15, -0.1) is 35.7 Å². The van der Waals surface area contributed by atoms with E-state index in [0.29, 0.717) is 12.5 Å². The van der Waals surface area contributed by atoms with Gasteiger partial charge in [-0.25, -0.2) is 4.39 Å². The van der Waals surface area contributed by atoms with E-state index in [1.165, 1.54) is 12.1 Å². The molecule has 0 saturated heterocycles. The number of carbonyl (C=O) groups is 1. The van der Waals surface area contributed by atoms with Crippen LogP contribution in [0.25, 0.3) is 0 Å². The molecule has 26 heavy (non-hydrogen) atoms. The van der Waals surface area contributed by atoms with Crippen molar-refractivity contribution in [3.63, 3.8) is 0 Å². The highest BCUT2D eigenvalue weighted by Gasteiger charge is 2.22. The van der Waals surface area contributed by atoms with Crippen molar-refractivity contribution in [1.29, 1.82) is 0 Å². The van der Waals surface area contributed by atoms with Gasteiger partial charge in [0, 0.05) is 37.5 Å². The molecule has 0 aliphatic heterocycles. The van der Waals surface area contributed by atoms with Crippen LogP contribution >= 0.6 is 35.7 Å². The first-order valence-corrected chi connectivity index (χ1v) is 9.78. The molecule has 146 valence electrons. The van der Waals surface area contributed by atoms with Gasteiger partial charge in [-0.2, -0.15) is 0 Å². The molecule has 1 aromatic rings. The van der Waals surface area contributed by atoms with E-state index in [1.807, 2.05) is 0 Å². The Balaban J connectivity index is 0.00000338. The number of hydrogen-bond acceptors (Lipinski definition) is 3. The Labute approximate surface area is 176 Å². The fourth-order valence-corrected chi connectivity index (χ4v) is 3.06. The number of halogens is 2. The molecule has 2 rings (SSSR count). The van der Waals surface area contributed by atoms with Crippen LogP contribution in [-0.4, -0.2) is 43.8 Å². The van der Waals surface area contributed by atoms with Crippen LogP contribution in [0.5, 0.6) is 0 Å². The summed E-state index contributed by atoms with van der Waals surface area (Å²) in [6.07, 6.45) is 4.57. The summed E-state index contributed by atoms with van der Waals surface area (Å²) in [5, 5.41) is 9.46. The van der Waals surface area contributed by atoms with Crippen molar-refractivity contribution in [2.24, 2.45) is 4.99 Å². The van der Waals surface area contributed by atoms with E-state index in [2.05, 4.69) is 20.9 Å². The molecule has 1 aliphatic rings. The number of guanidine groups is 1. The standard InChI is InChI=1S/C18H27FN4OS.HI/c1-20-18(21-11-2-4-17(24)23-15-7-8-15)22-12-3-13-25-16-9-5-14(19)6-10-16;/h5-6,9-10,15H,2-4,7-8,11-13H2,1H3,(H,23,24)(H2,20,21,22);1H. The average Bonchev–Trinajstić information content (AvgIpc) is 3.42. The number of hydrogen-bond donors (Lipinski definition) is 3. The Morgan fingerprint density at radius 1 is 1.19 bits per heavy atom. The molecule has 0 bridgehead atoms. The third kappa shape index (κ3) is 10.2. The molecule has 0 heterocycles. The van der Waals surface area contributed by atoms with Gasteiger partial charge >= 0.3 is 0 Å². The van der Waals surface area contributed by atoms with Crippen molar-refractivity contribution < 1.29 is 9.18 Å². The summed E-state index contributed by atoms with van der Waals surface area (Å²) < 4.78 is 12.8. The lowest BCUT2D eigenvalue weighted by atomic mass is 10.3. The number of aliphatic imine (C=N–C) groups is 1. The number of nitrogens with zero attached hydrogens (tertiary/aromatic N) is 1. The molecular formula is C18H28FIN4OS. The summed E-state index contributed by atoms with van der Waals surface area (Å²) >= 11 is 1.71. The summed E-state index contributed by atoms with van der Waals surface area (Å²) in [5.41, 5.74) is 0.